The second-order valence-electron chi connectivity index (χ2n) is 2.59. The fourth-order valence-electron chi connectivity index (χ4n) is 0.875. The first-order valence-corrected chi connectivity index (χ1v) is 4.92. The van der Waals surface area contributed by atoms with Crippen LogP contribution in [0.2, 0.25) is 10.0 Å². The zero-order valence-electron chi connectivity index (χ0n) is 7.54. The minimum absolute atomic E-state index is 0.481. The lowest BCUT2D eigenvalue weighted by Gasteiger charge is -2.03. The van der Waals surface area contributed by atoms with Crippen LogP contribution in [0.1, 0.15) is 0 Å². The molecule has 2 N–H and O–H groups in total. The molecule has 1 aromatic carbocycles. The van der Waals surface area contributed by atoms with Crippen LogP contribution in [0.3, 0.4) is 0 Å². The lowest BCUT2D eigenvalue weighted by molar-refractivity contribution is 0.362. The molecular weight excluding hydrogens is 221 g/mol. The van der Waals surface area contributed by atoms with Gasteiger partial charge in [0.05, 0.1) is 10.0 Å². The van der Waals surface area contributed by atoms with Crippen molar-refractivity contribution in [1.29, 1.82) is 0 Å². The van der Waals surface area contributed by atoms with Crippen molar-refractivity contribution in [2.24, 2.45) is 5.73 Å². The Bertz CT molecular complexity index is 326. The molecule has 0 radical (unpaired) electrons. The number of ether oxygens (including phenoxy) is 1. The quantitative estimate of drug-likeness (QED) is 0.810. The summed E-state index contributed by atoms with van der Waals surface area (Å²) >= 11 is 11.6. The highest BCUT2D eigenvalue weighted by Crippen LogP contribution is 2.26. The summed E-state index contributed by atoms with van der Waals surface area (Å²) in [5.74, 6) is 0.695. The molecular formula is C10H11Cl2NO. The van der Waals surface area contributed by atoms with Gasteiger partial charge in [0, 0.05) is 12.6 Å². The van der Waals surface area contributed by atoms with Crippen molar-refractivity contribution in [3.63, 3.8) is 0 Å². The zero-order chi connectivity index (χ0) is 10.4. The molecule has 0 bridgehead atoms. The molecule has 0 unspecified atom stereocenters. The average molecular weight is 232 g/mol. The van der Waals surface area contributed by atoms with Gasteiger partial charge in [-0.25, -0.2) is 0 Å². The maximum atomic E-state index is 5.80. The Hall–Kier alpha value is -0.700. The Kier molecular flexibility index (Phi) is 4.80. The summed E-state index contributed by atoms with van der Waals surface area (Å²) in [7, 11) is 0. The maximum Gasteiger partial charge on any atom is 0.121 e. The number of rotatable bonds is 4. The van der Waals surface area contributed by atoms with Crippen molar-refractivity contribution in [2.45, 2.75) is 0 Å². The Balaban J connectivity index is 2.51. The van der Waals surface area contributed by atoms with Gasteiger partial charge in [-0.3, -0.25) is 0 Å². The van der Waals surface area contributed by atoms with E-state index in [-0.39, 0.29) is 0 Å². The Morgan fingerprint density at radius 3 is 2.64 bits per heavy atom. The second-order valence-corrected chi connectivity index (χ2v) is 3.41. The van der Waals surface area contributed by atoms with E-state index in [1.54, 1.807) is 18.2 Å². The average Bonchev–Trinajstić information content (AvgIpc) is 2.18. The van der Waals surface area contributed by atoms with Crippen molar-refractivity contribution in [3.8, 4) is 5.75 Å². The van der Waals surface area contributed by atoms with Gasteiger partial charge in [-0.2, -0.15) is 0 Å². The molecule has 0 atom stereocenters. The summed E-state index contributed by atoms with van der Waals surface area (Å²) in [6, 6.07) is 5.15. The topological polar surface area (TPSA) is 35.2 Å². The fourth-order valence-corrected chi connectivity index (χ4v) is 1.16. The van der Waals surface area contributed by atoms with Crippen LogP contribution < -0.4 is 10.5 Å². The van der Waals surface area contributed by atoms with Gasteiger partial charge in [-0.1, -0.05) is 35.4 Å². The van der Waals surface area contributed by atoms with Gasteiger partial charge in [0.25, 0.3) is 0 Å². The van der Waals surface area contributed by atoms with E-state index in [1.165, 1.54) is 0 Å². The van der Waals surface area contributed by atoms with Crippen LogP contribution >= 0.6 is 23.2 Å². The molecule has 0 heterocycles. The normalized spacial score (nSPS) is 10.8. The number of hydrogen-bond acceptors (Lipinski definition) is 2. The summed E-state index contributed by atoms with van der Waals surface area (Å²) in [4.78, 5) is 0. The fraction of sp³-hybridized carbons (Fsp3) is 0.200. The van der Waals surface area contributed by atoms with E-state index in [1.807, 2.05) is 12.2 Å². The van der Waals surface area contributed by atoms with Crippen molar-refractivity contribution in [2.75, 3.05) is 13.2 Å². The summed E-state index contributed by atoms with van der Waals surface area (Å²) in [5.41, 5.74) is 5.27. The summed E-state index contributed by atoms with van der Waals surface area (Å²) in [6.45, 7) is 1.000. The van der Waals surface area contributed by atoms with Gasteiger partial charge in [0.1, 0.15) is 12.4 Å². The Labute approximate surface area is 93.3 Å². The van der Waals surface area contributed by atoms with Crippen LogP contribution in [0.4, 0.5) is 0 Å². The van der Waals surface area contributed by atoms with E-state index in [9.17, 15) is 0 Å². The van der Waals surface area contributed by atoms with E-state index in [0.29, 0.717) is 28.9 Å². The number of halogens is 2. The van der Waals surface area contributed by atoms with Crippen molar-refractivity contribution in [3.05, 3.63) is 40.4 Å². The SMILES string of the molecule is NCC=CCOc1ccc(Cl)c(Cl)c1. The molecule has 0 saturated carbocycles. The van der Waals surface area contributed by atoms with Crippen LogP contribution in [0.5, 0.6) is 5.75 Å². The molecule has 0 aliphatic carbocycles. The first kappa shape index (κ1) is 11.4. The summed E-state index contributed by atoms with van der Waals surface area (Å²) < 4.78 is 5.36. The third-order valence-corrected chi connectivity index (χ3v) is 2.28. The van der Waals surface area contributed by atoms with Gasteiger partial charge in [-0.05, 0) is 12.1 Å². The van der Waals surface area contributed by atoms with Crippen molar-refractivity contribution >= 4 is 23.2 Å². The van der Waals surface area contributed by atoms with Crippen LogP contribution in [0, 0.1) is 0 Å². The molecule has 0 amide bonds. The van der Waals surface area contributed by atoms with Crippen LogP contribution in [0.25, 0.3) is 0 Å². The number of benzene rings is 1. The van der Waals surface area contributed by atoms with Gasteiger partial charge in [-0.15, -0.1) is 0 Å². The molecule has 0 spiro atoms. The summed E-state index contributed by atoms with van der Waals surface area (Å²) in [5, 5.41) is 1.02. The molecule has 0 aliphatic heterocycles. The molecule has 1 aromatic rings. The first-order valence-electron chi connectivity index (χ1n) is 4.17. The van der Waals surface area contributed by atoms with E-state index < -0.39 is 0 Å². The Morgan fingerprint density at radius 1 is 1.21 bits per heavy atom. The molecule has 76 valence electrons. The maximum absolute atomic E-state index is 5.80. The van der Waals surface area contributed by atoms with E-state index >= 15 is 0 Å². The van der Waals surface area contributed by atoms with Crippen LogP contribution in [-0.4, -0.2) is 13.2 Å². The molecule has 0 fully saturated rings. The Morgan fingerprint density at radius 2 is 2.00 bits per heavy atom. The monoisotopic (exact) mass is 231 g/mol. The smallest absolute Gasteiger partial charge is 0.121 e. The molecule has 2 nitrogen and oxygen atoms in total. The van der Waals surface area contributed by atoms with Gasteiger partial charge < -0.3 is 10.5 Å². The standard InChI is InChI=1S/C10H11Cl2NO/c11-9-4-3-8(7-10(9)12)14-6-2-1-5-13/h1-4,7H,5-6,13H2. The zero-order valence-corrected chi connectivity index (χ0v) is 9.05. The number of hydrogen-bond donors (Lipinski definition) is 1. The van der Waals surface area contributed by atoms with Crippen LogP contribution in [0.15, 0.2) is 30.4 Å². The highest BCUT2D eigenvalue weighted by molar-refractivity contribution is 6.42. The molecule has 0 saturated heterocycles. The second kappa shape index (κ2) is 5.91. The third-order valence-electron chi connectivity index (χ3n) is 1.54. The van der Waals surface area contributed by atoms with Crippen molar-refractivity contribution in [1.82, 2.24) is 0 Å². The predicted molar refractivity (Wildman–Crippen MR) is 60.2 cm³/mol. The van der Waals surface area contributed by atoms with Gasteiger partial charge in [0.2, 0.25) is 0 Å². The van der Waals surface area contributed by atoms with Crippen LogP contribution in [-0.2, 0) is 0 Å². The largest absolute Gasteiger partial charge is 0.489 e. The van der Waals surface area contributed by atoms with E-state index in [4.69, 9.17) is 33.7 Å². The van der Waals surface area contributed by atoms with E-state index in [0.717, 1.165) is 0 Å². The lowest BCUT2D eigenvalue weighted by Crippen LogP contribution is -1.97. The highest BCUT2D eigenvalue weighted by atomic mass is 35.5. The molecule has 1 rings (SSSR count). The lowest BCUT2D eigenvalue weighted by atomic mass is 10.3. The van der Waals surface area contributed by atoms with Gasteiger partial charge in [0.15, 0.2) is 0 Å². The molecule has 0 aliphatic rings. The summed E-state index contributed by atoms with van der Waals surface area (Å²) in [6.07, 6.45) is 3.68. The first-order chi connectivity index (χ1) is 6.74. The van der Waals surface area contributed by atoms with E-state index in [2.05, 4.69) is 0 Å². The minimum Gasteiger partial charge on any atom is -0.489 e. The number of nitrogens with two attached hydrogens (primary N) is 1. The predicted octanol–water partition coefficient (Wildman–Crippen LogP) is 2.89. The molecule has 0 aromatic heterocycles. The highest BCUT2D eigenvalue weighted by Gasteiger charge is 1.98. The molecule has 4 heteroatoms. The molecule has 14 heavy (non-hydrogen) atoms. The third kappa shape index (κ3) is 3.58. The minimum atomic E-state index is 0.481. The van der Waals surface area contributed by atoms with Gasteiger partial charge >= 0.3 is 0 Å². The van der Waals surface area contributed by atoms with Crippen molar-refractivity contribution < 1.29 is 4.74 Å².